The number of nitrogens with zero attached hydrogens (tertiary/aromatic N) is 2. The van der Waals surface area contributed by atoms with E-state index >= 15 is 0 Å². The SMILES string of the molecule is CCCCCCCCCC(=O)OCCOCCOCCOCCNc1ccc([N+](=O)[O-])cc1[N+](=O)[O-]. The molecule has 0 bridgehead atoms. The fourth-order valence-corrected chi connectivity index (χ4v) is 3.25. The number of non-ortho nitro benzene ring substituents is 1. The maximum Gasteiger partial charge on any atom is 0.305 e. The smallest absolute Gasteiger partial charge is 0.305 e. The molecule has 0 unspecified atom stereocenters. The number of esters is 1. The van der Waals surface area contributed by atoms with Crippen molar-refractivity contribution in [2.24, 2.45) is 0 Å². The topological polar surface area (TPSA) is 152 Å². The number of hydrogen-bond donors (Lipinski definition) is 1. The second-order valence-corrected chi connectivity index (χ2v) is 8.07. The van der Waals surface area contributed by atoms with E-state index in [1.165, 1.54) is 44.2 Å². The van der Waals surface area contributed by atoms with Crippen LogP contribution in [0.5, 0.6) is 0 Å². The number of anilines is 1. The molecule has 1 rings (SSSR count). The van der Waals surface area contributed by atoms with Crippen LogP contribution in [0.25, 0.3) is 0 Å². The molecule has 0 aliphatic rings. The number of ether oxygens (including phenoxy) is 4. The molecule has 1 aromatic carbocycles. The van der Waals surface area contributed by atoms with E-state index in [2.05, 4.69) is 12.2 Å². The summed E-state index contributed by atoms with van der Waals surface area (Å²) in [5.41, 5.74) is -0.522. The van der Waals surface area contributed by atoms with E-state index in [1.54, 1.807) is 0 Å². The molecule has 1 aromatic rings. The Labute approximate surface area is 211 Å². The highest BCUT2D eigenvalue weighted by atomic mass is 16.6. The van der Waals surface area contributed by atoms with Crippen LogP contribution >= 0.6 is 0 Å². The standard InChI is InChI=1S/C24H39N3O9/c1-2-3-4-5-6-7-8-9-24(28)36-19-18-35-17-16-34-15-14-33-13-12-25-22-11-10-21(26(29)30)20-23(22)27(31)32/h10-11,20,25H,2-9,12-19H2,1H3. The van der Waals surface area contributed by atoms with Gasteiger partial charge in [-0.05, 0) is 12.5 Å². The van der Waals surface area contributed by atoms with Gasteiger partial charge in [0.1, 0.15) is 12.3 Å². The van der Waals surface area contributed by atoms with Gasteiger partial charge in [-0.2, -0.15) is 0 Å². The van der Waals surface area contributed by atoms with Gasteiger partial charge in [-0.15, -0.1) is 0 Å². The lowest BCUT2D eigenvalue weighted by Crippen LogP contribution is -2.15. The van der Waals surface area contributed by atoms with Gasteiger partial charge < -0.3 is 24.3 Å². The molecule has 12 heteroatoms. The lowest BCUT2D eigenvalue weighted by atomic mass is 10.1. The number of nitrogens with one attached hydrogen (secondary N) is 1. The first kappa shape index (κ1) is 31.2. The van der Waals surface area contributed by atoms with Gasteiger partial charge in [-0.3, -0.25) is 25.0 Å². The van der Waals surface area contributed by atoms with Gasteiger partial charge in [0, 0.05) is 19.0 Å². The van der Waals surface area contributed by atoms with E-state index < -0.39 is 9.85 Å². The van der Waals surface area contributed by atoms with Crippen LogP contribution in [0, 0.1) is 20.2 Å². The van der Waals surface area contributed by atoms with Crippen molar-refractivity contribution in [2.45, 2.75) is 58.3 Å². The van der Waals surface area contributed by atoms with Crippen LogP contribution in [-0.2, 0) is 23.7 Å². The number of hydrogen-bond acceptors (Lipinski definition) is 10. The summed E-state index contributed by atoms with van der Waals surface area (Å²) in [6.07, 6.45) is 8.58. The molecule has 36 heavy (non-hydrogen) atoms. The zero-order valence-corrected chi connectivity index (χ0v) is 21.1. The highest BCUT2D eigenvalue weighted by Crippen LogP contribution is 2.28. The maximum atomic E-state index is 11.7. The summed E-state index contributed by atoms with van der Waals surface area (Å²) in [6.45, 7) is 4.76. The fraction of sp³-hybridized carbons (Fsp3) is 0.708. The van der Waals surface area contributed by atoms with Crippen LogP contribution in [0.3, 0.4) is 0 Å². The van der Waals surface area contributed by atoms with Gasteiger partial charge in [-0.25, -0.2) is 0 Å². The van der Waals surface area contributed by atoms with Crippen LogP contribution in [0.1, 0.15) is 58.3 Å². The molecule has 12 nitrogen and oxygen atoms in total. The molecule has 0 fully saturated rings. The normalized spacial score (nSPS) is 10.8. The summed E-state index contributed by atoms with van der Waals surface area (Å²) >= 11 is 0. The highest BCUT2D eigenvalue weighted by Gasteiger charge is 2.19. The van der Waals surface area contributed by atoms with Crippen molar-refractivity contribution in [3.8, 4) is 0 Å². The lowest BCUT2D eigenvalue weighted by Gasteiger charge is -2.09. The summed E-state index contributed by atoms with van der Waals surface area (Å²) in [4.78, 5) is 32.1. The molecule has 0 saturated carbocycles. The molecular weight excluding hydrogens is 474 g/mol. The van der Waals surface area contributed by atoms with Crippen LogP contribution < -0.4 is 5.32 Å². The number of carbonyl (C=O) groups is 1. The van der Waals surface area contributed by atoms with Crippen LogP contribution in [-0.4, -0.2) is 68.6 Å². The van der Waals surface area contributed by atoms with E-state index in [9.17, 15) is 25.0 Å². The predicted octanol–water partition coefficient (Wildman–Crippen LogP) is 4.65. The van der Waals surface area contributed by atoms with Crippen molar-refractivity contribution in [2.75, 3.05) is 58.1 Å². The molecular formula is C24H39N3O9. The van der Waals surface area contributed by atoms with Crippen LogP contribution in [0.4, 0.5) is 17.1 Å². The Morgan fingerprint density at radius 1 is 0.806 bits per heavy atom. The number of nitro groups is 2. The van der Waals surface area contributed by atoms with E-state index in [4.69, 9.17) is 18.9 Å². The third kappa shape index (κ3) is 15.2. The van der Waals surface area contributed by atoms with Crippen molar-refractivity contribution < 1.29 is 33.6 Å². The zero-order chi connectivity index (χ0) is 26.4. The lowest BCUT2D eigenvalue weighted by molar-refractivity contribution is -0.393. The number of unbranched alkanes of at least 4 members (excludes halogenated alkanes) is 6. The number of rotatable bonds is 23. The van der Waals surface area contributed by atoms with Gasteiger partial charge in [0.05, 0.1) is 55.6 Å². The molecule has 0 atom stereocenters. The Hall–Kier alpha value is -2.83. The minimum atomic E-state index is -0.682. The third-order valence-electron chi connectivity index (χ3n) is 5.17. The third-order valence-corrected chi connectivity index (χ3v) is 5.17. The Morgan fingerprint density at radius 2 is 1.39 bits per heavy atom. The first-order valence-corrected chi connectivity index (χ1v) is 12.5. The zero-order valence-electron chi connectivity index (χ0n) is 21.1. The summed E-state index contributed by atoms with van der Waals surface area (Å²) in [6, 6.07) is 3.42. The first-order chi connectivity index (χ1) is 17.5. The Morgan fingerprint density at radius 3 is 2.00 bits per heavy atom. The Kier molecular flexibility index (Phi) is 17.7. The Bertz CT molecular complexity index is 777. The quantitative estimate of drug-likeness (QED) is 0.0947. The van der Waals surface area contributed by atoms with Crippen molar-refractivity contribution in [3.63, 3.8) is 0 Å². The summed E-state index contributed by atoms with van der Waals surface area (Å²) < 4.78 is 21.3. The molecule has 0 saturated heterocycles. The number of nitro benzene ring substituents is 2. The Balaban J connectivity index is 1.93. The van der Waals surface area contributed by atoms with E-state index in [1.807, 2.05) is 0 Å². The van der Waals surface area contributed by atoms with E-state index in [0.29, 0.717) is 46.0 Å². The van der Waals surface area contributed by atoms with Gasteiger partial charge in [-0.1, -0.05) is 45.4 Å². The predicted molar refractivity (Wildman–Crippen MR) is 134 cm³/mol. The molecule has 0 radical (unpaired) electrons. The van der Waals surface area contributed by atoms with E-state index in [0.717, 1.165) is 18.9 Å². The van der Waals surface area contributed by atoms with E-state index in [-0.39, 0.29) is 36.2 Å². The monoisotopic (exact) mass is 513 g/mol. The second-order valence-electron chi connectivity index (χ2n) is 8.07. The summed E-state index contributed by atoms with van der Waals surface area (Å²) in [5, 5.41) is 24.7. The van der Waals surface area contributed by atoms with Gasteiger partial charge in [0.25, 0.3) is 11.4 Å². The van der Waals surface area contributed by atoms with Crippen molar-refractivity contribution in [1.29, 1.82) is 0 Å². The maximum absolute atomic E-state index is 11.7. The molecule has 0 aromatic heterocycles. The van der Waals surface area contributed by atoms with Gasteiger partial charge >= 0.3 is 5.97 Å². The van der Waals surface area contributed by atoms with Crippen molar-refractivity contribution in [3.05, 3.63) is 38.4 Å². The molecule has 1 N–H and O–H groups in total. The average Bonchev–Trinajstić information content (AvgIpc) is 2.86. The van der Waals surface area contributed by atoms with Crippen molar-refractivity contribution >= 4 is 23.0 Å². The van der Waals surface area contributed by atoms with Crippen LogP contribution in [0.2, 0.25) is 0 Å². The molecule has 0 heterocycles. The molecule has 0 spiro atoms. The van der Waals surface area contributed by atoms with Gasteiger partial charge in [0.2, 0.25) is 0 Å². The minimum absolute atomic E-state index is 0.182. The summed E-state index contributed by atoms with van der Waals surface area (Å²) in [7, 11) is 0. The number of benzene rings is 1. The highest BCUT2D eigenvalue weighted by molar-refractivity contribution is 5.69. The fourth-order valence-electron chi connectivity index (χ4n) is 3.25. The van der Waals surface area contributed by atoms with Gasteiger partial charge in [0.15, 0.2) is 0 Å². The minimum Gasteiger partial charge on any atom is -0.463 e. The van der Waals surface area contributed by atoms with Crippen LogP contribution in [0.15, 0.2) is 18.2 Å². The van der Waals surface area contributed by atoms with Crippen molar-refractivity contribution in [1.82, 2.24) is 0 Å². The molecule has 0 aliphatic heterocycles. The average molecular weight is 514 g/mol. The second kappa shape index (κ2) is 20.4. The largest absolute Gasteiger partial charge is 0.463 e. The molecule has 0 amide bonds. The summed E-state index contributed by atoms with van der Waals surface area (Å²) in [5.74, 6) is -0.182. The number of carbonyl (C=O) groups excluding carboxylic acids is 1. The first-order valence-electron chi connectivity index (χ1n) is 12.5. The molecule has 0 aliphatic carbocycles. The molecule has 204 valence electrons.